The highest BCUT2D eigenvalue weighted by molar-refractivity contribution is 9.10. The molecule has 2 aromatic carbocycles. The van der Waals surface area contributed by atoms with E-state index in [4.69, 9.17) is 9.47 Å². The van der Waals surface area contributed by atoms with Crippen LogP contribution in [0, 0.1) is 19.7 Å². The number of rotatable bonds is 5. The summed E-state index contributed by atoms with van der Waals surface area (Å²) in [5.74, 6) is -0.524. The Morgan fingerprint density at radius 1 is 1.22 bits per heavy atom. The van der Waals surface area contributed by atoms with E-state index >= 15 is 0 Å². The van der Waals surface area contributed by atoms with E-state index in [1.165, 1.54) is 13.2 Å². The molecule has 3 nitrogen and oxygen atoms in total. The van der Waals surface area contributed by atoms with Gasteiger partial charge in [0.2, 0.25) is 0 Å². The molecule has 122 valence electrons. The molecule has 0 aliphatic carbocycles. The number of aryl methyl sites for hydroxylation is 2. The first-order chi connectivity index (χ1) is 10.9. The molecule has 0 aliphatic heterocycles. The normalized spacial score (nSPS) is 10.5. The van der Waals surface area contributed by atoms with Gasteiger partial charge in [-0.25, -0.2) is 4.39 Å². The summed E-state index contributed by atoms with van der Waals surface area (Å²) < 4.78 is 25.1. The number of hydrogen-bond donors (Lipinski definition) is 0. The number of ether oxygens (including phenoxy) is 2. The molecule has 5 heteroatoms. The molecule has 0 fully saturated rings. The van der Waals surface area contributed by atoms with Gasteiger partial charge < -0.3 is 9.47 Å². The number of carbonyl (C=O) groups excluding carboxylic acids is 1. The third kappa shape index (κ3) is 4.32. The van der Waals surface area contributed by atoms with Crippen LogP contribution in [-0.2, 0) is 22.6 Å². The lowest BCUT2D eigenvalue weighted by Crippen LogP contribution is -2.09. The molecular weight excluding hydrogens is 363 g/mol. The number of halogens is 2. The van der Waals surface area contributed by atoms with E-state index in [0.717, 1.165) is 26.7 Å². The second-order valence-corrected chi connectivity index (χ2v) is 6.14. The first kappa shape index (κ1) is 17.5. The largest absolute Gasteiger partial charge is 0.486 e. The van der Waals surface area contributed by atoms with Crippen molar-refractivity contribution >= 4 is 21.9 Å². The van der Waals surface area contributed by atoms with Crippen molar-refractivity contribution in [3.63, 3.8) is 0 Å². The van der Waals surface area contributed by atoms with Crippen LogP contribution in [0.2, 0.25) is 0 Å². The average Bonchev–Trinajstić information content (AvgIpc) is 2.51. The minimum Gasteiger partial charge on any atom is -0.486 e. The van der Waals surface area contributed by atoms with Crippen LogP contribution in [0.5, 0.6) is 5.75 Å². The monoisotopic (exact) mass is 380 g/mol. The highest BCUT2D eigenvalue weighted by Gasteiger charge is 2.13. The van der Waals surface area contributed by atoms with Crippen molar-refractivity contribution in [3.8, 4) is 5.75 Å². The summed E-state index contributed by atoms with van der Waals surface area (Å²) in [7, 11) is 1.35. The summed E-state index contributed by atoms with van der Waals surface area (Å²) in [6, 6.07) is 8.66. The summed E-state index contributed by atoms with van der Waals surface area (Å²) in [5.41, 5.74) is 3.43. The second-order valence-electron chi connectivity index (χ2n) is 5.29. The fourth-order valence-corrected chi connectivity index (χ4v) is 2.69. The van der Waals surface area contributed by atoms with E-state index in [1.807, 2.05) is 32.0 Å². The maximum Gasteiger partial charge on any atom is 0.309 e. The zero-order valence-corrected chi connectivity index (χ0v) is 14.9. The van der Waals surface area contributed by atoms with Crippen LogP contribution in [-0.4, -0.2) is 13.1 Å². The molecule has 0 N–H and O–H groups in total. The Kier molecular flexibility index (Phi) is 5.77. The molecule has 0 aliphatic rings. The van der Waals surface area contributed by atoms with Crippen molar-refractivity contribution < 1.29 is 18.7 Å². The van der Waals surface area contributed by atoms with Gasteiger partial charge in [0.1, 0.15) is 6.61 Å². The molecule has 0 heterocycles. The lowest BCUT2D eigenvalue weighted by molar-refractivity contribution is -0.139. The molecule has 0 spiro atoms. The second kappa shape index (κ2) is 7.59. The fourth-order valence-electron chi connectivity index (χ4n) is 2.17. The highest BCUT2D eigenvalue weighted by Crippen LogP contribution is 2.26. The Hall–Kier alpha value is -1.88. The zero-order valence-electron chi connectivity index (χ0n) is 13.3. The predicted octanol–water partition coefficient (Wildman–Crippen LogP) is 4.50. The van der Waals surface area contributed by atoms with Crippen molar-refractivity contribution in [2.75, 3.05) is 7.11 Å². The van der Waals surface area contributed by atoms with Gasteiger partial charge in [0, 0.05) is 10.0 Å². The van der Waals surface area contributed by atoms with Gasteiger partial charge in [-0.2, -0.15) is 0 Å². The molecule has 2 rings (SSSR count). The lowest BCUT2D eigenvalue weighted by atomic mass is 10.1. The fraction of sp³-hybridized carbons (Fsp3) is 0.278. The van der Waals surface area contributed by atoms with Gasteiger partial charge in [-0.1, -0.05) is 28.1 Å². The predicted molar refractivity (Wildman–Crippen MR) is 90.1 cm³/mol. The van der Waals surface area contributed by atoms with Crippen LogP contribution in [0.15, 0.2) is 34.8 Å². The standard InChI is InChI=1S/C18H18BrFO3/c1-11-7-16(20)17(8-12(11)2)23-10-14-13(9-18(21)22-3)5-4-6-15(14)19/h4-8H,9-10H2,1-3H3. The van der Waals surface area contributed by atoms with Crippen LogP contribution in [0.4, 0.5) is 4.39 Å². The number of carbonyl (C=O) groups is 1. The van der Waals surface area contributed by atoms with Gasteiger partial charge in [-0.15, -0.1) is 0 Å². The van der Waals surface area contributed by atoms with Gasteiger partial charge >= 0.3 is 5.97 Å². The molecule has 0 unspecified atom stereocenters. The molecular formula is C18H18BrFO3. The molecule has 0 atom stereocenters. The first-order valence-corrected chi connectivity index (χ1v) is 7.94. The van der Waals surface area contributed by atoms with E-state index < -0.39 is 5.82 Å². The summed E-state index contributed by atoms with van der Waals surface area (Å²) in [6.45, 7) is 3.92. The quantitative estimate of drug-likeness (QED) is 0.716. The topological polar surface area (TPSA) is 35.5 Å². The number of methoxy groups -OCH3 is 1. The van der Waals surface area contributed by atoms with Crippen LogP contribution in [0.25, 0.3) is 0 Å². The van der Waals surface area contributed by atoms with Gasteiger partial charge in [0.15, 0.2) is 11.6 Å². The van der Waals surface area contributed by atoms with Gasteiger partial charge in [0.05, 0.1) is 13.5 Å². The number of esters is 1. The SMILES string of the molecule is COC(=O)Cc1cccc(Br)c1COc1cc(C)c(C)cc1F. The molecule has 0 bridgehead atoms. The summed E-state index contributed by atoms with van der Waals surface area (Å²) in [6.07, 6.45) is 0.143. The Morgan fingerprint density at radius 2 is 1.91 bits per heavy atom. The molecule has 0 aromatic heterocycles. The van der Waals surface area contributed by atoms with Crippen molar-refractivity contribution in [2.45, 2.75) is 26.9 Å². The highest BCUT2D eigenvalue weighted by atomic mass is 79.9. The zero-order chi connectivity index (χ0) is 17.0. The third-order valence-corrected chi connectivity index (χ3v) is 4.44. The Bertz CT molecular complexity index is 728. The van der Waals surface area contributed by atoms with Crippen LogP contribution in [0.3, 0.4) is 0 Å². The Labute approximate surface area is 143 Å². The number of hydrogen-bond acceptors (Lipinski definition) is 3. The molecule has 23 heavy (non-hydrogen) atoms. The lowest BCUT2D eigenvalue weighted by Gasteiger charge is -2.14. The van der Waals surface area contributed by atoms with Crippen molar-refractivity contribution in [1.82, 2.24) is 0 Å². The van der Waals surface area contributed by atoms with Gasteiger partial charge in [-0.3, -0.25) is 4.79 Å². The maximum atomic E-state index is 14.0. The van der Waals surface area contributed by atoms with E-state index in [9.17, 15) is 9.18 Å². The smallest absolute Gasteiger partial charge is 0.309 e. The molecule has 0 saturated carbocycles. The van der Waals surface area contributed by atoms with Gasteiger partial charge in [0.25, 0.3) is 0 Å². The van der Waals surface area contributed by atoms with Crippen molar-refractivity contribution in [2.24, 2.45) is 0 Å². The van der Waals surface area contributed by atoms with Crippen molar-refractivity contribution in [1.29, 1.82) is 0 Å². The van der Waals surface area contributed by atoms with E-state index in [1.54, 1.807) is 6.07 Å². The Morgan fingerprint density at radius 3 is 2.61 bits per heavy atom. The summed E-state index contributed by atoms with van der Waals surface area (Å²) >= 11 is 3.45. The van der Waals surface area contributed by atoms with E-state index in [2.05, 4.69) is 15.9 Å². The molecule has 0 saturated heterocycles. The minimum absolute atomic E-state index is 0.143. The van der Waals surface area contributed by atoms with Crippen molar-refractivity contribution in [3.05, 3.63) is 62.9 Å². The van der Waals surface area contributed by atoms with E-state index in [0.29, 0.717) is 0 Å². The van der Waals surface area contributed by atoms with E-state index in [-0.39, 0.29) is 24.7 Å². The minimum atomic E-state index is -0.394. The molecule has 0 radical (unpaired) electrons. The average molecular weight is 381 g/mol. The first-order valence-electron chi connectivity index (χ1n) is 7.15. The molecule has 0 amide bonds. The Balaban J connectivity index is 2.23. The van der Waals surface area contributed by atoms with Gasteiger partial charge in [-0.05, 0) is 48.7 Å². The van der Waals surface area contributed by atoms with Crippen LogP contribution < -0.4 is 4.74 Å². The van der Waals surface area contributed by atoms with Crippen LogP contribution >= 0.6 is 15.9 Å². The summed E-state index contributed by atoms with van der Waals surface area (Å²) in [5, 5.41) is 0. The van der Waals surface area contributed by atoms with Crippen LogP contribution in [0.1, 0.15) is 22.3 Å². The third-order valence-electron chi connectivity index (χ3n) is 3.70. The number of benzene rings is 2. The maximum absolute atomic E-state index is 14.0. The molecule has 2 aromatic rings. The summed E-state index contributed by atoms with van der Waals surface area (Å²) in [4.78, 5) is 11.5.